The maximum atomic E-state index is 9.99. The van der Waals surface area contributed by atoms with Crippen molar-refractivity contribution >= 4 is 31.5 Å². The molecule has 0 saturated carbocycles. The molecule has 0 fully saturated rings. The van der Waals surface area contributed by atoms with E-state index in [4.69, 9.17) is 4.74 Å². The summed E-state index contributed by atoms with van der Waals surface area (Å²) in [4.78, 5) is 0. The summed E-state index contributed by atoms with van der Waals surface area (Å²) in [6.45, 7) is 16.4. The molecule has 4 heteroatoms. The number of benzene rings is 2. The van der Waals surface area contributed by atoms with Crippen LogP contribution in [0.15, 0.2) is 54.9 Å². The zero-order valence-electron chi connectivity index (χ0n) is 22.9. The molecule has 2 aliphatic rings. The summed E-state index contributed by atoms with van der Waals surface area (Å²) in [7, 11) is 1.70. The van der Waals surface area contributed by atoms with Crippen LogP contribution < -0.4 is 4.57 Å². The molecule has 0 saturated heterocycles. The van der Waals surface area contributed by atoms with Gasteiger partial charge in [-0.3, -0.25) is 0 Å². The molecular formula is C33H38NO2S+. The van der Waals surface area contributed by atoms with E-state index in [1.165, 1.54) is 61.0 Å². The Morgan fingerprint density at radius 1 is 1.11 bits per heavy atom. The number of methoxy groups -OCH3 is 1. The summed E-state index contributed by atoms with van der Waals surface area (Å²) < 4.78 is 10.9. The minimum absolute atomic E-state index is 0.0675. The van der Waals surface area contributed by atoms with Crippen molar-refractivity contribution in [3.05, 3.63) is 77.2 Å². The molecule has 37 heavy (non-hydrogen) atoms. The first-order chi connectivity index (χ1) is 17.6. The van der Waals surface area contributed by atoms with Crippen molar-refractivity contribution in [2.24, 2.45) is 0 Å². The number of rotatable bonds is 4. The van der Waals surface area contributed by atoms with Crippen molar-refractivity contribution in [2.75, 3.05) is 13.7 Å². The zero-order valence-corrected chi connectivity index (χ0v) is 23.8. The third-order valence-corrected chi connectivity index (χ3v) is 10.4. The van der Waals surface area contributed by atoms with E-state index in [0.29, 0.717) is 6.42 Å². The van der Waals surface area contributed by atoms with Crippen molar-refractivity contribution in [3.63, 3.8) is 0 Å². The number of aryl methyl sites for hydroxylation is 1. The highest BCUT2D eigenvalue weighted by molar-refractivity contribution is 7.26. The number of allylic oxidation sites excluding steroid dienone is 1. The van der Waals surface area contributed by atoms with Gasteiger partial charge < -0.3 is 9.84 Å². The third-order valence-electron chi connectivity index (χ3n) is 9.18. The Hall–Kier alpha value is -2.69. The monoisotopic (exact) mass is 512 g/mol. The Morgan fingerprint density at radius 2 is 1.84 bits per heavy atom. The molecular weight excluding hydrogens is 474 g/mol. The van der Waals surface area contributed by atoms with Gasteiger partial charge in [0, 0.05) is 28.1 Å². The molecule has 2 aromatic carbocycles. The van der Waals surface area contributed by atoms with Crippen LogP contribution in [0, 0.1) is 6.92 Å². The molecule has 192 valence electrons. The summed E-state index contributed by atoms with van der Waals surface area (Å²) in [6.07, 6.45) is 5.31. The van der Waals surface area contributed by atoms with Crippen LogP contribution in [-0.2, 0) is 15.6 Å². The van der Waals surface area contributed by atoms with E-state index < -0.39 is 0 Å². The first kappa shape index (κ1) is 24.6. The topological polar surface area (TPSA) is 33.3 Å². The maximum absolute atomic E-state index is 9.99. The standard InChI is InChI=1S/C33H38NO2S/c1-19-18-25-27(33(5,6)15-14-32(25,3)4)31-26(19)24-12-16-34-28(20(2)36-7)23(13-17-35)21-10-8-9-11-22(21)29(34)30(24)37-31/h8-12,16,18,23,28,35H,2,13-15,17H2,1,3-7H3/q+1. The number of hydrogen-bond donors (Lipinski definition) is 1. The second-order valence-corrected chi connectivity index (χ2v) is 13.3. The van der Waals surface area contributed by atoms with Crippen LogP contribution in [0.4, 0.5) is 0 Å². The first-order valence-electron chi connectivity index (χ1n) is 13.5. The zero-order chi connectivity index (χ0) is 26.3. The number of thiophene rings is 1. The maximum Gasteiger partial charge on any atom is 0.231 e. The Balaban J connectivity index is 1.75. The molecule has 1 aliphatic carbocycles. The van der Waals surface area contributed by atoms with Crippen LogP contribution in [0.25, 0.3) is 31.4 Å². The summed E-state index contributed by atoms with van der Waals surface area (Å²) in [5.74, 6) is 0.836. The molecule has 3 heterocycles. The van der Waals surface area contributed by atoms with Crippen LogP contribution in [0.2, 0.25) is 0 Å². The Labute approximate surface area is 224 Å². The molecule has 3 nitrogen and oxygen atoms in total. The van der Waals surface area contributed by atoms with E-state index in [9.17, 15) is 5.11 Å². The first-order valence-corrected chi connectivity index (χ1v) is 14.3. The number of ether oxygens (including phenoxy) is 1. The minimum atomic E-state index is -0.0675. The van der Waals surface area contributed by atoms with Crippen LogP contribution in [-0.4, -0.2) is 18.8 Å². The van der Waals surface area contributed by atoms with Crippen LogP contribution in [0.3, 0.4) is 0 Å². The number of fused-ring (bicyclic) bond motifs is 9. The van der Waals surface area contributed by atoms with Crippen LogP contribution in [0.5, 0.6) is 0 Å². The van der Waals surface area contributed by atoms with E-state index in [0.717, 1.165) is 5.76 Å². The van der Waals surface area contributed by atoms with Gasteiger partial charge in [0.2, 0.25) is 11.7 Å². The molecule has 0 spiro atoms. The minimum Gasteiger partial charge on any atom is -0.495 e. The van der Waals surface area contributed by atoms with Gasteiger partial charge in [0.1, 0.15) is 4.70 Å². The molecule has 1 aliphatic heterocycles. The average Bonchev–Trinajstić information content (AvgIpc) is 3.26. The van der Waals surface area contributed by atoms with Crippen LogP contribution in [0.1, 0.15) is 81.2 Å². The number of aliphatic hydroxyl groups is 1. The van der Waals surface area contributed by atoms with E-state index in [1.54, 1.807) is 12.7 Å². The number of nitrogens with zero attached hydrogens (tertiary/aromatic N) is 1. The Morgan fingerprint density at radius 3 is 2.57 bits per heavy atom. The molecule has 6 rings (SSSR count). The van der Waals surface area contributed by atoms with Gasteiger partial charge in [-0.2, -0.15) is 4.57 Å². The fourth-order valence-corrected chi connectivity index (χ4v) is 8.77. The fourth-order valence-electron chi connectivity index (χ4n) is 7.11. The van der Waals surface area contributed by atoms with Gasteiger partial charge in [0.05, 0.1) is 18.6 Å². The highest BCUT2D eigenvalue weighted by atomic mass is 32.1. The highest BCUT2D eigenvalue weighted by Crippen LogP contribution is 2.54. The molecule has 2 unspecified atom stereocenters. The second kappa shape index (κ2) is 8.41. The molecule has 0 radical (unpaired) electrons. The number of hydrogen-bond acceptors (Lipinski definition) is 3. The van der Waals surface area contributed by atoms with Crippen molar-refractivity contribution < 1.29 is 14.4 Å². The SMILES string of the molecule is C=C(OC)C1C(CCO)c2ccccc2-c2c3sc4c5c(cc(C)c4c3cc[n+]21)C(C)(C)CCC5(C)C. The van der Waals surface area contributed by atoms with Gasteiger partial charge in [-0.25, -0.2) is 0 Å². The normalized spacial score (nSPS) is 21.4. The largest absolute Gasteiger partial charge is 0.495 e. The molecule has 1 N–H and O–H groups in total. The van der Waals surface area contributed by atoms with Gasteiger partial charge in [-0.15, -0.1) is 11.3 Å². The van der Waals surface area contributed by atoms with Gasteiger partial charge in [0.25, 0.3) is 0 Å². The van der Waals surface area contributed by atoms with E-state index in [2.05, 4.69) is 88.4 Å². The predicted octanol–water partition coefficient (Wildman–Crippen LogP) is 7.85. The molecule has 0 amide bonds. The van der Waals surface area contributed by atoms with E-state index in [1.807, 2.05) is 11.3 Å². The fraction of sp³-hybridized carbons (Fsp3) is 0.424. The molecule has 2 aromatic heterocycles. The second-order valence-electron chi connectivity index (χ2n) is 12.3. The lowest BCUT2D eigenvalue weighted by atomic mass is 9.62. The summed E-state index contributed by atoms with van der Waals surface area (Å²) in [6, 6.07) is 13.4. The van der Waals surface area contributed by atoms with E-state index >= 15 is 0 Å². The third kappa shape index (κ3) is 3.45. The number of pyridine rings is 1. The van der Waals surface area contributed by atoms with Gasteiger partial charge in [-0.05, 0) is 65.3 Å². The molecule has 2 atom stereocenters. The van der Waals surface area contributed by atoms with Crippen molar-refractivity contribution in [2.45, 2.75) is 76.7 Å². The summed E-state index contributed by atoms with van der Waals surface area (Å²) in [5.41, 5.74) is 8.53. The van der Waals surface area contributed by atoms with Gasteiger partial charge >= 0.3 is 0 Å². The number of aliphatic hydroxyl groups excluding tert-OH is 1. The molecule has 0 bridgehead atoms. The average molecular weight is 513 g/mol. The smallest absolute Gasteiger partial charge is 0.231 e. The lowest BCUT2D eigenvalue weighted by Gasteiger charge is -2.42. The lowest BCUT2D eigenvalue weighted by Crippen LogP contribution is -2.48. The Bertz CT molecular complexity index is 1570. The predicted molar refractivity (Wildman–Crippen MR) is 155 cm³/mol. The number of aromatic nitrogens is 1. The molecule has 4 aromatic rings. The quantitative estimate of drug-likeness (QED) is 0.223. The van der Waals surface area contributed by atoms with Crippen molar-refractivity contribution in [1.29, 1.82) is 0 Å². The highest BCUT2D eigenvalue weighted by Gasteiger charge is 2.44. The lowest BCUT2D eigenvalue weighted by molar-refractivity contribution is -0.711. The van der Waals surface area contributed by atoms with Gasteiger partial charge in [-0.1, -0.05) is 58.5 Å². The van der Waals surface area contributed by atoms with Gasteiger partial charge in [0.15, 0.2) is 12.0 Å². The van der Waals surface area contributed by atoms with Crippen molar-refractivity contribution in [1.82, 2.24) is 0 Å². The van der Waals surface area contributed by atoms with Crippen LogP contribution >= 0.6 is 11.3 Å². The van der Waals surface area contributed by atoms with Crippen molar-refractivity contribution in [3.8, 4) is 11.3 Å². The summed E-state index contributed by atoms with van der Waals surface area (Å²) >= 11 is 1.97. The summed E-state index contributed by atoms with van der Waals surface area (Å²) in [5, 5.41) is 12.7. The Kier molecular flexibility index (Phi) is 5.60. The van der Waals surface area contributed by atoms with E-state index in [-0.39, 0.29) is 29.4 Å².